The fourth-order valence-corrected chi connectivity index (χ4v) is 3.12. The molecule has 1 aliphatic heterocycles. The minimum Gasteiger partial charge on any atom is -0.444 e. The molecule has 118 valence electrons. The fraction of sp³-hybridized carbons (Fsp3) is 0.467. The van der Waals surface area contributed by atoms with Gasteiger partial charge in [-0.05, 0) is 35.8 Å². The topological polar surface area (TPSA) is 62.7 Å². The van der Waals surface area contributed by atoms with E-state index in [9.17, 15) is 4.79 Å². The Morgan fingerprint density at radius 3 is 2.55 bits per heavy atom. The van der Waals surface area contributed by atoms with Gasteiger partial charge in [-0.2, -0.15) is 0 Å². The molecule has 2 aromatic rings. The summed E-state index contributed by atoms with van der Waals surface area (Å²) in [7, 11) is 0. The van der Waals surface area contributed by atoms with E-state index in [2.05, 4.69) is 26.0 Å². The Balaban J connectivity index is 1.57. The van der Waals surface area contributed by atoms with E-state index in [0.717, 1.165) is 36.7 Å². The zero-order chi connectivity index (χ0) is 15.7. The highest BCUT2D eigenvalue weighted by Gasteiger charge is 2.26. The highest BCUT2D eigenvalue weighted by atomic mass is 79.9. The van der Waals surface area contributed by atoms with Crippen molar-refractivity contribution in [2.45, 2.75) is 20.4 Å². The largest absolute Gasteiger partial charge is 0.444 e. The number of hydrogen-bond acceptors (Lipinski definition) is 5. The van der Waals surface area contributed by atoms with Crippen LogP contribution in [0.25, 0.3) is 0 Å². The van der Waals surface area contributed by atoms with E-state index in [-0.39, 0.29) is 5.91 Å². The zero-order valence-corrected chi connectivity index (χ0v) is 14.2. The molecule has 3 rings (SSSR count). The third-order valence-electron chi connectivity index (χ3n) is 3.80. The number of carbonyl (C=O) groups is 1. The van der Waals surface area contributed by atoms with Crippen LogP contribution in [0.2, 0.25) is 0 Å². The molecule has 0 bridgehead atoms. The molecule has 0 aliphatic carbocycles. The van der Waals surface area contributed by atoms with Gasteiger partial charge in [0.05, 0.1) is 12.2 Å². The number of aryl methyl sites for hydroxylation is 2. The lowest BCUT2D eigenvalue weighted by Crippen LogP contribution is -2.48. The maximum absolute atomic E-state index is 12.5. The van der Waals surface area contributed by atoms with E-state index >= 15 is 0 Å². The summed E-state index contributed by atoms with van der Waals surface area (Å²) in [5.74, 6) is 1.24. The number of piperazine rings is 1. The number of aromatic nitrogens is 1. The molecule has 0 N–H and O–H groups in total. The van der Waals surface area contributed by atoms with E-state index in [0.29, 0.717) is 23.5 Å². The third-order valence-corrected chi connectivity index (χ3v) is 4.19. The summed E-state index contributed by atoms with van der Waals surface area (Å²) < 4.78 is 11.3. The van der Waals surface area contributed by atoms with Crippen LogP contribution in [0.4, 0.5) is 0 Å². The SMILES string of the molecule is Cc1cc(CN2CCN(C(=O)c3oc(Br)cc3C)CC2)on1. The van der Waals surface area contributed by atoms with Crippen LogP contribution in [0.5, 0.6) is 0 Å². The molecule has 0 saturated carbocycles. The van der Waals surface area contributed by atoms with Crippen molar-refractivity contribution in [3.63, 3.8) is 0 Å². The van der Waals surface area contributed by atoms with Gasteiger partial charge in [0.25, 0.3) is 5.91 Å². The summed E-state index contributed by atoms with van der Waals surface area (Å²) in [5.41, 5.74) is 1.75. The highest BCUT2D eigenvalue weighted by Crippen LogP contribution is 2.21. The summed E-state index contributed by atoms with van der Waals surface area (Å²) in [6.45, 7) is 7.51. The van der Waals surface area contributed by atoms with E-state index in [1.54, 1.807) is 0 Å². The number of carbonyl (C=O) groups excluding carboxylic acids is 1. The van der Waals surface area contributed by atoms with Crippen molar-refractivity contribution in [1.29, 1.82) is 0 Å². The molecule has 1 saturated heterocycles. The van der Waals surface area contributed by atoms with E-state index in [1.807, 2.05) is 30.9 Å². The van der Waals surface area contributed by atoms with Crippen molar-refractivity contribution in [2.24, 2.45) is 0 Å². The molecule has 0 unspecified atom stereocenters. The van der Waals surface area contributed by atoms with Gasteiger partial charge in [-0.25, -0.2) is 0 Å². The molecule has 7 heteroatoms. The minimum absolute atomic E-state index is 0.0432. The summed E-state index contributed by atoms with van der Waals surface area (Å²) in [4.78, 5) is 16.6. The first-order chi connectivity index (χ1) is 10.5. The van der Waals surface area contributed by atoms with Crippen LogP contribution >= 0.6 is 15.9 Å². The Labute approximate surface area is 137 Å². The highest BCUT2D eigenvalue weighted by molar-refractivity contribution is 9.10. The summed E-state index contributed by atoms with van der Waals surface area (Å²) in [6, 6.07) is 3.76. The molecule has 3 heterocycles. The van der Waals surface area contributed by atoms with Gasteiger partial charge in [-0.15, -0.1) is 0 Å². The predicted molar refractivity (Wildman–Crippen MR) is 83.6 cm³/mol. The average molecular weight is 368 g/mol. The number of rotatable bonds is 3. The van der Waals surface area contributed by atoms with Gasteiger partial charge >= 0.3 is 0 Å². The van der Waals surface area contributed by atoms with Crippen molar-refractivity contribution >= 4 is 21.8 Å². The van der Waals surface area contributed by atoms with Crippen LogP contribution in [-0.2, 0) is 6.54 Å². The standard InChI is InChI=1S/C15H18BrN3O3/c1-10-7-13(16)21-14(10)15(20)19-5-3-18(4-6-19)9-12-8-11(2)17-22-12/h7-8H,3-6,9H2,1-2H3. The molecule has 0 atom stereocenters. The number of hydrogen-bond donors (Lipinski definition) is 0. The number of amides is 1. The Bertz CT molecular complexity index is 671. The molecular formula is C15H18BrN3O3. The van der Waals surface area contributed by atoms with Crippen LogP contribution < -0.4 is 0 Å². The van der Waals surface area contributed by atoms with Crippen LogP contribution in [0.15, 0.2) is 25.7 Å². The molecule has 0 spiro atoms. The quantitative estimate of drug-likeness (QED) is 0.834. The number of furan rings is 1. The lowest BCUT2D eigenvalue weighted by molar-refractivity contribution is 0.0585. The zero-order valence-electron chi connectivity index (χ0n) is 12.6. The van der Waals surface area contributed by atoms with Gasteiger partial charge < -0.3 is 13.8 Å². The lowest BCUT2D eigenvalue weighted by Gasteiger charge is -2.33. The molecule has 2 aromatic heterocycles. The maximum atomic E-state index is 12.5. The maximum Gasteiger partial charge on any atom is 0.289 e. The Morgan fingerprint density at radius 1 is 1.27 bits per heavy atom. The molecular weight excluding hydrogens is 350 g/mol. The number of nitrogens with zero attached hydrogens (tertiary/aromatic N) is 3. The van der Waals surface area contributed by atoms with Crippen LogP contribution in [0.3, 0.4) is 0 Å². The van der Waals surface area contributed by atoms with Crippen LogP contribution in [-0.4, -0.2) is 47.0 Å². The van der Waals surface area contributed by atoms with Gasteiger partial charge in [0.1, 0.15) is 0 Å². The lowest BCUT2D eigenvalue weighted by atomic mass is 10.2. The van der Waals surface area contributed by atoms with Crippen molar-refractivity contribution < 1.29 is 13.7 Å². The number of halogens is 1. The van der Waals surface area contributed by atoms with Crippen molar-refractivity contribution in [3.8, 4) is 0 Å². The summed E-state index contributed by atoms with van der Waals surface area (Å²) in [5, 5.41) is 3.89. The predicted octanol–water partition coefficient (Wildman–Crippen LogP) is 2.60. The Kier molecular flexibility index (Phi) is 4.35. The average Bonchev–Trinajstić information content (AvgIpc) is 3.04. The van der Waals surface area contributed by atoms with Gasteiger partial charge in [0, 0.05) is 37.8 Å². The van der Waals surface area contributed by atoms with Gasteiger partial charge in [0.2, 0.25) is 0 Å². The van der Waals surface area contributed by atoms with Crippen molar-refractivity contribution in [3.05, 3.63) is 39.6 Å². The van der Waals surface area contributed by atoms with E-state index in [1.165, 1.54) is 0 Å². The molecule has 1 aliphatic rings. The summed E-state index contributed by atoms with van der Waals surface area (Å²) >= 11 is 3.26. The Hall–Kier alpha value is -1.60. The first-order valence-corrected chi connectivity index (χ1v) is 8.02. The molecule has 1 fully saturated rings. The van der Waals surface area contributed by atoms with Crippen LogP contribution in [0.1, 0.15) is 27.6 Å². The second-order valence-corrected chi connectivity index (χ2v) is 6.35. The van der Waals surface area contributed by atoms with Gasteiger partial charge in [-0.3, -0.25) is 9.69 Å². The third kappa shape index (κ3) is 3.25. The molecule has 1 amide bonds. The van der Waals surface area contributed by atoms with Crippen molar-refractivity contribution in [1.82, 2.24) is 15.0 Å². The van der Waals surface area contributed by atoms with E-state index in [4.69, 9.17) is 8.94 Å². The molecule has 0 aromatic carbocycles. The second-order valence-electron chi connectivity index (χ2n) is 5.57. The fourth-order valence-electron chi connectivity index (χ4n) is 2.62. The van der Waals surface area contributed by atoms with Crippen LogP contribution in [0, 0.1) is 13.8 Å². The summed E-state index contributed by atoms with van der Waals surface area (Å²) in [6.07, 6.45) is 0. The molecule has 6 nitrogen and oxygen atoms in total. The Morgan fingerprint density at radius 2 is 2.00 bits per heavy atom. The monoisotopic (exact) mass is 367 g/mol. The van der Waals surface area contributed by atoms with Crippen molar-refractivity contribution in [2.75, 3.05) is 26.2 Å². The normalized spacial score (nSPS) is 16.2. The first-order valence-electron chi connectivity index (χ1n) is 7.22. The first kappa shape index (κ1) is 15.3. The van der Waals surface area contributed by atoms with Gasteiger partial charge in [-0.1, -0.05) is 5.16 Å². The van der Waals surface area contributed by atoms with Gasteiger partial charge in [0.15, 0.2) is 16.2 Å². The van der Waals surface area contributed by atoms with E-state index < -0.39 is 0 Å². The second kappa shape index (κ2) is 6.26. The minimum atomic E-state index is -0.0432. The molecule has 0 radical (unpaired) electrons. The molecule has 22 heavy (non-hydrogen) atoms. The smallest absolute Gasteiger partial charge is 0.289 e.